The molecule has 0 spiro atoms. The van der Waals surface area contributed by atoms with E-state index >= 15 is 0 Å². The van der Waals surface area contributed by atoms with Crippen LogP contribution in [0.4, 0.5) is 4.39 Å². The second kappa shape index (κ2) is 5.73. The second-order valence-electron chi connectivity index (χ2n) is 4.55. The molecule has 0 fully saturated rings. The van der Waals surface area contributed by atoms with E-state index in [1.54, 1.807) is 0 Å². The molecule has 2 rings (SSSR count). The van der Waals surface area contributed by atoms with Crippen molar-refractivity contribution in [1.29, 1.82) is 0 Å². The van der Waals surface area contributed by atoms with Gasteiger partial charge in [-0.1, -0.05) is 6.42 Å². The number of alkyl halides is 1. The zero-order valence-corrected chi connectivity index (χ0v) is 10.4. The molecule has 102 valence electrons. The Hall–Kier alpha value is -2.04. The van der Waals surface area contributed by atoms with E-state index in [2.05, 4.69) is 4.98 Å². The van der Waals surface area contributed by atoms with Crippen LogP contribution in [-0.2, 0) is 6.42 Å². The van der Waals surface area contributed by atoms with E-state index in [0.717, 1.165) is 18.4 Å². The predicted octanol–water partition coefficient (Wildman–Crippen LogP) is 2.62. The third-order valence-corrected chi connectivity index (χ3v) is 3.07. The molecule has 0 aliphatic rings. The summed E-state index contributed by atoms with van der Waals surface area (Å²) in [6.07, 6.45) is 2.60. The van der Waals surface area contributed by atoms with Crippen LogP contribution in [0.5, 0.6) is 11.5 Å². The third-order valence-electron chi connectivity index (χ3n) is 3.07. The summed E-state index contributed by atoms with van der Waals surface area (Å²) >= 11 is 0. The molecular weight excluding hydrogens is 249 g/mol. The molecule has 0 amide bonds. The summed E-state index contributed by atoms with van der Waals surface area (Å²) in [5, 5.41) is 19.8. The van der Waals surface area contributed by atoms with Gasteiger partial charge in [0, 0.05) is 23.6 Å². The Kier molecular flexibility index (Phi) is 4.04. The zero-order chi connectivity index (χ0) is 13.8. The number of pyridine rings is 1. The van der Waals surface area contributed by atoms with Gasteiger partial charge in [0.05, 0.1) is 12.2 Å². The molecule has 19 heavy (non-hydrogen) atoms. The van der Waals surface area contributed by atoms with Crippen molar-refractivity contribution >= 4 is 10.9 Å². The lowest BCUT2D eigenvalue weighted by Crippen LogP contribution is -2.06. The number of H-pyrrole nitrogens is 1. The number of aromatic amines is 1. The van der Waals surface area contributed by atoms with Crippen molar-refractivity contribution in [2.75, 3.05) is 6.67 Å². The summed E-state index contributed by atoms with van der Waals surface area (Å²) in [5.41, 5.74) is 0.846. The average Bonchev–Trinajstić information content (AvgIpc) is 2.33. The number of aryl methyl sites for hydroxylation is 1. The summed E-state index contributed by atoms with van der Waals surface area (Å²) in [4.78, 5) is 14.1. The van der Waals surface area contributed by atoms with E-state index < -0.39 is 0 Å². The van der Waals surface area contributed by atoms with Gasteiger partial charge in [-0.3, -0.25) is 9.18 Å². The molecule has 2 aromatic rings. The molecule has 1 aromatic carbocycles. The van der Waals surface area contributed by atoms with Crippen molar-refractivity contribution < 1.29 is 14.6 Å². The molecule has 0 bridgehead atoms. The number of fused-ring (bicyclic) bond motifs is 1. The molecule has 4 nitrogen and oxygen atoms in total. The van der Waals surface area contributed by atoms with E-state index in [9.17, 15) is 19.4 Å². The highest BCUT2D eigenvalue weighted by Gasteiger charge is 2.09. The number of hydrogen-bond donors (Lipinski definition) is 3. The number of aromatic hydroxyl groups is 2. The molecule has 0 aliphatic carbocycles. The number of nitrogens with one attached hydrogen (secondary N) is 1. The molecule has 5 heteroatoms. The molecule has 0 saturated heterocycles. The first kappa shape index (κ1) is 13.4. The molecule has 0 atom stereocenters. The summed E-state index contributed by atoms with van der Waals surface area (Å²) in [6, 6.07) is 4.09. The summed E-state index contributed by atoms with van der Waals surface area (Å²) in [7, 11) is 0. The van der Waals surface area contributed by atoms with Crippen molar-refractivity contribution in [3.05, 3.63) is 34.1 Å². The molecule has 1 aromatic heterocycles. The summed E-state index contributed by atoms with van der Waals surface area (Å²) < 4.78 is 12.0. The lowest BCUT2D eigenvalue weighted by atomic mass is 10.0. The van der Waals surface area contributed by atoms with Crippen molar-refractivity contribution in [2.45, 2.75) is 25.7 Å². The molecule has 0 saturated carbocycles. The standard InChI is InChI=1S/C14H16FNO3/c15-5-3-1-2-4-9-6-13(19)16-11-7-10(17)8-12(18)14(9)11/h6-8,17-18H,1-5H2,(H,16,19). The van der Waals surface area contributed by atoms with Gasteiger partial charge in [-0.25, -0.2) is 0 Å². The van der Waals surface area contributed by atoms with Crippen LogP contribution in [0.2, 0.25) is 0 Å². The van der Waals surface area contributed by atoms with Crippen LogP contribution in [0.3, 0.4) is 0 Å². The Balaban J connectivity index is 2.39. The smallest absolute Gasteiger partial charge is 0.248 e. The van der Waals surface area contributed by atoms with Gasteiger partial charge in [0.1, 0.15) is 11.5 Å². The number of halogens is 1. The Labute approximate surface area is 109 Å². The quantitative estimate of drug-likeness (QED) is 0.727. The van der Waals surface area contributed by atoms with E-state index in [0.29, 0.717) is 23.7 Å². The molecular formula is C14H16FNO3. The molecule has 0 aliphatic heterocycles. The lowest BCUT2D eigenvalue weighted by Gasteiger charge is -2.08. The van der Waals surface area contributed by atoms with E-state index in [1.807, 2.05) is 0 Å². The van der Waals surface area contributed by atoms with Gasteiger partial charge >= 0.3 is 0 Å². The third kappa shape index (κ3) is 3.05. The van der Waals surface area contributed by atoms with E-state index in [-0.39, 0.29) is 23.7 Å². The molecule has 3 N–H and O–H groups in total. The van der Waals surface area contributed by atoms with Crippen LogP contribution < -0.4 is 5.56 Å². The normalized spacial score (nSPS) is 11.0. The van der Waals surface area contributed by atoms with Crippen LogP contribution in [-0.4, -0.2) is 21.9 Å². The Morgan fingerprint density at radius 1 is 1.11 bits per heavy atom. The van der Waals surface area contributed by atoms with E-state index in [1.165, 1.54) is 18.2 Å². The first-order chi connectivity index (χ1) is 9.11. The maximum absolute atomic E-state index is 12.0. The van der Waals surface area contributed by atoms with Gasteiger partial charge in [-0.2, -0.15) is 0 Å². The maximum Gasteiger partial charge on any atom is 0.248 e. The van der Waals surface area contributed by atoms with E-state index in [4.69, 9.17) is 0 Å². The van der Waals surface area contributed by atoms with Crippen molar-refractivity contribution in [3.63, 3.8) is 0 Å². The minimum absolute atomic E-state index is 0.0632. The Morgan fingerprint density at radius 3 is 2.63 bits per heavy atom. The van der Waals surface area contributed by atoms with Gasteiger partial charge in [-0.15, -0.1) is 0 Å². The number of unbranched alkanes of at least 4 members (excludes halogenated alkanes) is 2. The maximum atomic E-state index is 12.0. The van der Waals surface area contributed by atoms with Crippen molar-refractivity contribution in [2.24, 2.45) is 0 Å². The van der Waals surface area contributed by atoms with Crippen LogP contribution in [0.15, 0.2) is 23.0 Å². The first-order valence-electron chi connectivity index (χ1n) is 6.25. The minimum atomic E-state index is -0.338. The van der Waals surface area contributed by atoms with Crippen LogP contribution in [0, 0.1) is 0 Å². The molecule has 0 unspecified atom stereocenters. The monoisotopic (exact) mass is 265 g/mol. The number of aromatic nitrogens is 1. The number of rotatable bonds is 5. The highest BCUT2D eigenvalue weighted by molar-refractivity contribution is 5.89. The zero-order valence-electron chi connectivity index (χ0n) is 10.4. The first-order valence-corrected chi connectivity index (χ1v) is 6.25. The van der Waals surface area contributed by atoms with Crippen LogP contribution in [0.1, 0.15) is 24.8 Å². The summed E-state index contributed by atoms with van der Waals surface area (Å²) in [5.74, 6) is -0.165. The topological polar surface area (TPSA) is 73.3 Å². The van der Waals surface area contributed by atoms with Crippen molar-refractivity contribution in [3.8, 4) is 11.5 Å². The highest BCUT2D eigenvalue weighted by atomic mass is 19.1. The largest absolute Gasteiger partial charge is 0.508 e. The fourth-order valence-corrected chi connectivity index (χ4v) is 2.23. The van der Waals surface area contributed by atoms with Gasteiger partial charge in [0.2, 0.25) is 5.56 Å². The number of phenols is 2. The molecule has 1 heterocycles. The fraction of sp³-hybridized carbons (Fsp3) is 0.357. The predicted molar refractivity (Wildman–Crippen MR) is 71.4 cm³/mol. The second-order valence-corrected chi connectivity index (χ2v) is 4.55. The number of hydrogen-bond acceptors (Lipinski definition) is 3. The Bertz CT molecular complexity index is 636. The SMILES string of the molecule is O=c1cc(CCCCCF)c2c(O)cc(O)cc2[nH]1. The summed E-state index contributed by atoms with van der Waals surface area (Å²) in [6.45, 7) is -0.338. The van der Waals surface area contributed by atoms with Gasteiger partial charge < -0.3 is 15.2 Å². The van der Waals surface area contributed by atoms with Gasteiger partial charge in [-0.05, 0) is 24.8 Å². The van der Waals surface area contributed by atoms with Crippen LogP contribution in [0.25, 0.3) is 10.9 Å². The van der Waals surface area contributed by atoms with Gasteiger partial charge in [0.25, 0.3) is 0 Å². The lowest BCUT2D eigenvalue weighted by molar-refractivity contribution is 0.453. The fourth-order valence-electron chi connectivity index (χ4n) is 2.23. The highest BCUT2D eigenvalue weighted by Crippen LogP contribution is 2.31. The minimum Gasteiger partial charge on any atom is -0.508 e. The van der Waals surface area contributed by atoms with Crippen molar-refractivity contribution in [1.82, 2.24) is 4.98 Å². The number of benzene rings is 1. The average molecular weight is 265 g/mol. The Morgan fingerprint density at radius 2 is 1.89 bits per heavy atom. The van der Waals surface area contributed by atoms with Gasteiger partial charge in [0.15, 0.2) is 0 Å². The molecule has 0 radical (unpaired) electrons. The van der Waals surface area contributed by atoms with Crippen LogP contribution >= 0.6 is 0 Å². The number of phenolic OH excluding ortho intramolecular Hbond substituents is 2.